The van der Waals surface area contributed by atoms with Crippen molar-refractivity contribution in [3.8, 4) is 17.2 Å². The van der Waals surface area contributed by atoms with Crippen LogP contribution >= 0.6 is 34.8 Å². The molecule has 1 rings (SSSR count). The van der Waals surface area contributed by atoms with E-state index in [1.54, 1.807) is 33.5 Å². The average molecular weight is 344 g/mol. The minimum Gasteiger partial charge on any atom is -0.497 e. The summed E-state index contributed by atoms with van der Waals surface area (Å²) in [4.78, 5) is 0. The van der Waals surface area contributed by atoms with Crippen molar-refractivity contribution in [3.63, 3.8) is 0 Å². The molecular formula is C12H17Cl3O3Si. The third-order valence-electron chi connectivity index (χ3n) is 3.01. The summed E-state index contributed by atoms with van der Waals surface area (Å²) in [5.74, 6) is 1.97. The van der Waals surface area contributed by atoms with Crippen LogP contribution in [0.2, 0.25) is 0 Å². The first-order valence-corrected chi connectivity index (χ1v) is 9.83. The summed E-state index contributed by atoms with van der Waals surface area (Å²) in [7, 11) is 2.50. The predicted octanol–water partition coefficient (Wildman–Crippen LogP) is 2.70. The van der Waals surface area contributed by atoms with Gasteiger partial charge in [0.25, 0.3) is 0 Å². The second-order valence-corrected chi connectivity index (χ2v) is 10.4. The first-order valence-electron chi connectivity index (χ1n) is 5.60. The minimum absolute atomic E-state index is 0.402. The Morgan fingerprint density at radius 3 is 1.53 bits per heavy atom. The Labute approximate surface area is 129 Å². The first-order chi connectivity index (χ1) is 9.12. The van der Waals surface area contributed by atoms with Crippen molar-refractivity contribution in [2.45, 2.75) is 0 Å². The number of rotatable bonds is 7. The molecule has 0 saturated carbocycles. The van der Waals surface area contributed by atoms with Crippen molar-refractivity contribution in [2.24, 2.45) is 0 Å². The van der Waals surface area contributed by atoms with Crippen LogP contribution in [0.1, 0.15) is 0 Å². The van der Waals surface area contributed by atoms with Crippen LogP contribution in [0, 0.1) is 0 Å². The van der Waals surface area contributed by atoms with Crippen LogP contribution in [0.5, 0.6) is 17.2 Å². The number of methoxy groups -OCH3 is 3. The second-order valence-electron chi connectivity index (χ2n) is 4.09. The molecule has 1 aromatic rings. The Bertz CT molecular complexity index is 391. The molecule has 0 unspecified atom stereocenters. The van der Waals surface area contributed by atoms with E-state index in [2.05, 4.69) is 0 Å². The molecule has 19 heavy (non-hydrogen) atoms. The molecule has 0 bridgehead atoms. The maximum absolute atomic E-state index is 6.14. The summed E-state index contributed by atoms with van der Waals surface area (Å²) in [6, 6.07) is 3.59. The van der Waals surface area contributed by atoms with Crippen molar-refractivity contribution in [2.75, 3.05) is 37.8 Å². The summed E-state index contributed by atoms with van der Waals surface area (Å²) >= 11 is 18.4. The zero-order valence-electron chi connectivity index (χ0n) is 11.1. The van der Waals surface area contributed by atoms with Gasteiger partial charge >= 0.3 is 0 Å². The van der Waals surface area contributed by atoms with Gasteiger partial charge < -0.3 is 14.2 Å². The van der Waals surface area contributed by atoms with Gasteiger partial charge in [-0.05, 0) is 0 Å². The molecule has 0 aromatic heterocycles. The standard InChI is InChI=1S/C12H17Cl3O3Si/c1-16-9-4-10(17-2)12(11(5-9)18-3)19(6-13,7-14)8-15/h4-5H,6-8H2,1-3H3. The van der Waals surface area contributed by atoms with Gasteiger partial charge in [-0.3, -0.25) is 0 Å². The fourth-order valence-corrected chi connectivity index (χ4v) is 7.62. The van der Waals surface area contributed by atoms with Crippen LogP contribution in [0.15, 0.2) is 12.1 Å². The highest BCUT2D eigenvalue weighted by atomic mass is 35.5. The van der Waals surface area contributed by atoms with Crippen LogP contribution in [0.25, 0.3) is 0 Å². The molecule has 0 radical (unpaired) electrons. The summed E-state index contributed by atoms with van der Waals surface area (Å²) in [5, 5.41) is 0.901. The van der Waals surface area contributed by atoms with Crippen molar-refractivity contribution >= 4 is 48.1 Å². The fraction of sp³-hybridized carbons (Fsp3) is 0.500. The molecule has 0 heterocycles. The van der Waals surface area contributed by atoms with Gasteiger partial charge in [-0.15, -0.1) is 34.8 Å². The van der Waals surface area contributed by atoms with Crippen molar-refractivity contribution in [3.05, 3.63) is 12.1 Å². The molecule has 0 aliphatic heterocycles. The van der Waals surface area contributed by atoms with Gasteiger partial charge in [0.1, 0.15) is 25.3 Å². The lowest BCUT2D eigenvalue weighted by Crippen LogP contribution is -2.56. The molecular weight excluding hydrogens is 327 g/mol. The van der Waals surface area contributed by atoms with Crippen LogP contribution in [0.3, 0.4) is 0 Å². The number of hydrogen-bond acceptors (Lipinski definition) is 3. The zero-order valence-corrected chi connectivity index (χ0v) is 14.4. The Morgan fingerprint density at radius 2 is 1.26 bits per heavy atom. The van der Waals surface area contributed by atoms with Crippen LogP contribution in [0.4, 0.5) is 0 Å². The number of hydrogen-bond donors (Lipinski definition) is 0. The average Bonchev–Trinajstić information content (AvgIpc) is 2.49. The van der Waals surface area contributed by atoms with E-state index in [-0.39, 0.29) is 0 Å². The zero-order chi connectivity index (χ0) is 14.5. The summed E-state index contributed by atoms with van der Waals surface area (Å²) in [5.41, 5.74) is 1.21. The number of halogens is 3. The Kier molecular flexibility index (Phi) is 6.60. The highest BCUT2D eigenvalue weighted by Gasteiger charge is 2.39. The molecule has 0 fully saturated rings. The van der Waals surface area contributed by atoms with Crippen molar-refractivity contribution in [1.82, 2.24) is 0 Å². The quantitative estimate of drug-likeness (QED) is 0.563. The molecule has 0 aliphatic rings. The van der Waals surface area contributed by atoms with Gasteiger partial charge in [0.05, 0.1) is 21.3 Å². The lowest BCUT2D eigenvalue weighted by molar-refractivity contribution is 0.379. The van der Waals surface area contributed by atoms with Crippen LogP contribution < -0.4 is 19.4 Å². The van der Waals surface area contributed by atoms with E-state index < -0.39 is 8.07 Å². The van der Waals surface area contributed by atoms with E-state index in [1.165, 1.54) is 0 Å². The fourth-order valence-electron chi connectivity index (χ4n) is 1.84. The minimum atomic E-state index is -2.27. The topological polar surface area (TPSA) is 27.7 Å². The second kappa shape index (κ2) is 7.48. The largest absolute Gasteiger partial charge is 0.497 e. The van der Waals surface area contributed by atoms with Crippen LogP contribution in [-0.4, -0.2) is 45.9 Å². The maximum Gasteiger partial charge on any atom is 0.140 e. The van der Waals surface area contributed by atoms with Gasteiger partial charge in [0.2, 0.25) is 0 Å². The number of ether oxygens (including phenoxy) is 3. The van der Waals surface area contributed by atoms with Gasteiger partial charge in [-0.25, -0.2) is 0 Å². The SMILES string of the molecule is COc1cc(OC)c([Si](CCl)(CCl)CCl)c(OC)c1. The van der Waals surface area contributed by atoms with E-state index in [9.17, 15) is 0 Å². The van der Waals surface area contributed by atoms with E-state index in [4.69, 9.17) is 49.0 Å². The Hall–Kier alpha value is -0.293. The van der Waals surface area contributed by atoms with Gasteiger partial charge in [0.15, 0.2) is 0 Å². The summed E-state index contributed by atoms with van der Waals surface area (Å²) in [6.07, 6.45) is 0. The lowest BCUT2D eigenvalue weighted by Gasteiger charge is -2.29. The van der Waals surface area contributed by atoms with Crippen LogP contribution in [-0.2, 0) is 0 Å². The molecule has 7 heteroatoms. The molecule has 0 saturated heterocycles. The first kappa shape index (κ1) is 16.8. The van der Waals surface area contributed by atoms with Gasteiger partial charge in [0, 0.05) is 33.8 Å². The van der Waals surface area contributed by atoms with E-state index in [0.29, 0.717) is 33.8 Å². The summed E-state index contributed by atoms with van der Waals surface area (Å²) in [6.45, 7) is 0. The summed E-state index contributed by atoms with van der Waals surface area (Å²) < 4.78 is 16.1. The molecule has 0 spiro atoms. The lowest BCUT2D eigenvalue weighted by atomic mass is 10.3. The third kappa shape index (κ3) is 3.24. The van der Waals surface area contributed by atoms with E-state index in [1.807, 2.05) is 0 Å². The highest BCUT2D eigenvalue weighted by molar-refractivity contribution is 7.03. The smallest absolute Gasteiger partial charge is 0.140 e. The molecule has 0 N–H and O–H groups in total. The molecule has 0 atom stereocenters. The van der Waals surface area contributed by atoms with Gasteiger partial charge in [-0.2, -0.15) is 0 Å². The monoisotopic (exact) mass is 342 g/mol. The Balaban J connectivity index is 3.54. The molecule has 3 nitrogen and oxygen atoms in total. The normalized spacial score (nSPS) is 11.3. The number of benzene rings is 1. The molecule has 0 amide bonds. The van der Waals surface area contributed by atoms with E-state index in [0.717, 1.165) is 5.19 Å². The highest BCUT2D eigenvalue weighted by Crippen LogP contribution is 2.30. The molecule has 1 aromatic carbocycles. The Morgan fingerprint density at radius 1 is 0.842 bits per heavy atom. The van der Waals surface area contributed by atoms with Crippen molar-refractivity contribution < 1.29 is 14.2 Å². The van der Waals surface area contributed by atoms with Gasteiger partial charge in [-0.1, -0.05) is 0 Å². The molecule has 108 valence electrons. The van der Waals surface area contributed by atoms with E-state index >= 15 is 0 Å². The molecule has 0 aliphatic carbocycles. The predicted molar refractivity (Wildman–Crippen MR) is 83.6 cm³/mol. The third-order valence-corrected chi connectivity index (χ3v) is 10.7. The maximum atomic E-state index is 6.14. The van der Waals surface area contributed by atoms with Crippen molar-refractivity contribution in [1.29, 1.82) is 0 Å². The number of alkyl halides is 3.